The van der Waals surface area contributed by atoms with Crippen LogP contribution in [0.15, 0.2) is 29.8 Å². The SMILES string of the molecule is CNCCN(C)CC(C=N)=C(N)c1ccc(NC=O)cc1. The molecular weight excluding hydrogens is 266 g/mol. The first-order valence-electron chi connectivity index (χ1n) is 6.75. The fraction of sp³-hybridized carbons (Fsp3) is 0.333. The molecule has 0 aliphatic rings. The van der Waals surface area contributed by atoms with Crippen molar-refractivity contribution in [2.24, 2.45) is 5.73 Å². The highest BCUT2D eigenvalue weighted by Gasteiger charge is 2.07. The maximum atomic E-state index is 10.4. The second kappa shape index (κ2) is 8.89. The predicted molar refractivity (Wildman–Crippen MR) is 87.4 cm³/mol. The summed E-state index contributed by atoms with van der Waals surface area (Å²) in [5.74, 6) is 0. The molecule has 0 saturated heterocycles. The van der Waals surface area contributed by atoms with Gasteiger partial charge in [0.15, 0.2) is 0 Å². The van der Waals surface area contributed by atoms with Crippen molar-refractivity contribution in [3.05, 3.63) is 35.4 Å². The molecule has 0 spiro atoms. The Morgan fingerprint density at radius 3 is 2.57 bits per heavy atom. The molecule has 1 amide bonds. The van der Waals surface area contributed by atoms with Gasteiger partial charge in [-0.1, -0.05) is 12.1 Å². The Morgan fingerprint density at radius 2 is 2.05 bits per heavy atom. The van der Waals surface area contributed by atoms with E-state index in [2.05, 4.69) is 15.5 Å². The number of likely N-dealkylation sites (N-methyl/N-ethyl adjacent to an activating group) is 2. The van der Waals surface area contributed by atoms with E-state index in [-0.39, 0.29) is 0 Å². The summed E-state index contributed by atoms with van der Waals surface area (Å²) >= 11 is 0. The molecule has 0 saturated carbocycles. The molecule has 0 bridgehead atoms. The second-order valence-corrected chi connectivity index (χ2v) is 4.76. The zero-order valence-electron chi connectivity index (χ0n) is 12.5. The van der Waals surface area contributed by atoms with E-state index in [9.17, 15) is 4.79 Å². The summed E-state index contributed by atoms with van der Waals surface area (Å²) in [6.07, 6.45) is 1.93. The highest BCUT2D eigenvalue weighted by molar-refractivity contribution is 5.89. The van der Waals surface area contributed by atoms with Crippen molar-refractivity contribution in [3.8, 4) is 0 Å². The number of nitrogens with one attached hydrogen (secondary N) is 3. The van der Waals surface area contributed by atoms with E-state index < -0.39 is 0 Å². The molecule has 0 radical (unpaired) electrons. The van der Waals surface area contributed by atoms with Gasteiger partial charge >= 0.3 is 0 Å². The third-order valence-corrected chi connectivity index (χ3v) is 3.13. The largest absolute Gasteiger partial charge is 0.398 e. The molecule has 0 aliphatic heterocycles. The lowest BCUT2D eigenvalue weighted by Gasteiger charge is -2.18. The Labute approximate surface area is 125 Å². The average molecular weight is 289 g/mol. The number of nitrogens with zero attached hydrogens (tertiary/aromatic N) is 1. The number of benzene rings is 1. The van der Waals surface area contributed by atoms with Crippen LogP contribution >= 0.6 is 0 Å². The van der Waals surface area contributed by atoms with Gasteiger partial charge in [-0.25, -0.2) is 0 Å². The van der Waals surface area contributed by atoms with Gasteiger partial charge in [0.1, 0.15) is 0 Å². The highest BCUT2D eigenvalue weighted by Crippen LogP contribution is 2.16. The number of rotatable bonds is 9. The number of amides is 1. The fourth-order valence-electron chi connectivity index (χ4n) is 1.88. The predicted octanol–water partition coefficient (Wildman–Crippen LogP) is 0.725. The minimum absolute atomic E-state index is 0.582. The van der Waals surface area contributed by atoms with Crippen LogP contribution in [0.1, 0.15) is 5.56 Å². The molecule has 21 heavy (non-hydrogen) atoms. The minimum Gasteiger partial charge on any atom is -0.398 e. The number of anilines is 1. The third-order valence-electron chi connectivity index (χ3n) is 3.13. The zero-order chi connectivity index (χ0) is 15.7. The van der Waals surface area contributed by atoms with Crippen molar-refractivity contribution in [1.82, 2.24) is 10.2 Å². The van der Waals surface area contributed by atoms with Gasteiger partial charge in [0, 0.05) is 42.8 Å². The summed E-state index contributed by atoms with van der Waals surface area (Å²) in [6.45, 7) is 2.38. The molecule has 0 fully saturated rings. The van der Waals surface area contributed by atoms with Crippen LogP contribution in [0.2, 0.25) is 0 Å². The van der Waals surface area contributed by atoms with Crippen molar-refractivity contribution in [2.75, 3.05) is 39.0 Å². The lowest BCUT2D eigenvalue weighted by atomic mass is 10.1. The number of nitrogens with two attached hydrogens (primary N) is 1. The topological polar surface area (TPSA) is 94.2 Å². The van der Waals surface area contributed by atoms with E-state index in [4.69, 9.17) is 11.1 Å². The summed E-state index contributed by atoms with van der Waals surface area (Å²) in [4.78, 5) is 12.5. The molecule has 0 heterocycles. The summed E-state index contributed by atoms with van der Waals surface area (Å²) in [5.41, 5.74) is 9.05. The Balaban J connectivity index is 2.85. The van der Waals surface area contributed by atoms with E-state index >= 15 is 0 Å². The van der Waals surface area contributed by atoms with Crippen LogP contribution in [0, 0.1) is 5.41 Å². The van der Waals surface area contributed by atoms with E-state index in [0.29, 0.717) is 24.3 Å². The van der Waals surface area contributed by atoms with Crippen LogP contribution in [0.5, 0.6) is 0 Å². The number of hydrogen-bond donors (Lipinski definition) is 4. The van der Waals surface area contributed by atoms with Crippen LogP contribution in [0.4, 0.5) is 5.69 Å². The highest BCUT2D eigenvalue weighted by atomic mass is 16.1. The molecule has 114 valence electrons. The van der Waals surface area contributed by atoms with Crippen LogP contribution in [-0.2, 0) is 4.79 Å². The van der Waals surface area contributed by atoms with E-state index in [0.717, 1.165) is 24.2 Å². The first-order chi connectivity index (χ1) is 10.1. The first kappa shape index (κ1) is 16.9. The van der Waals surface area contributed by atoms with Gasteiger partial charge in [0.05, 0.1) is 0 Å². The minimum atomic E-state index is 0.582. The van der Waals surface area contributed by atoms with Gasteiger partial charge in [0.25, 0.3) is 0 Å². The molecule has 1 rings (SSSR count). The molecule has 0 aromatic heterocycles. The average Bonchev–Trinajstić information content (AvgIpc) is 2.51. The molecule has 0 unspecified atom stereocenters. The van der Waals surface area contributed by atoms with Gasteiger partial charge in [-0.05, 0) is 31.8 Å². The van der Waals surface area contributed by atoms with Gasteiger partial charge in [-0.15, -0.1) is 0 Å². The molecular formula is C15H23N5O. The number of hydrogen-bond acceptors (Lipinski definition) is 5. The summed E-state index contributed by atoms with van der Waals surface area (Å²) < 4.78 is 0. The molecule has 0 atom stereocenters. The Hall–Kier alpha value is -2.18. The van der Waals surface area contributed by atoms with Gasteiger partial charge < -0.3 is 26.7 Å². The second-order valence-electron chi connectivity index (χ2n) is 4.76. The van der Waals surface area contributed by atoms with Crippen molar-refractivity contribution >= 4 is 24.0 Å². The van der Waals surface area contributed by atoms with E-state index in [1.165, 1.54) is 6.21 Å². The van der Waals surface area contributed by atoms with Crippen molar-refractivity contribution in [3.63, 3.8) is 0 Å². The van der Waals surface area contributed by atoms with Crippen LogP contribution < -0.4 is 16.4 Å². The summed E-state index contributed by atoms with van der Waals surface area (Å²) in [5, 5.41) is 13.2. The Kier molecular flexibility index (Phi) is 7.14. The molecule has 6 heteroatoms. The maximum Gasteiger partial charge on any atom is 0.211 e. The molecule has 1 aromatic rings. The molecule has 5 N–H and O–H groups in total. The summed E-state index contributed by atoms with van der Waals surface area (Å²) in [7, 11) is 3.90. The lowest BCUT2D eigenvalue weighted by molar-refractivity contribution is -0.105. The normalized spacial score (nSPS) is 12.0. The molecule has 0 aliphatic carbocycles. The van der Waals surface area contributed by atoms with Crippen LogP contribution in [0.25, 0.3) is 5.70 Å². The van der Waals surface area contributed by atoms with Crippen molar-refractivity contribution in [2.45, 2.75) is 0 Å². The number of carbonyl (C=O) groups is 1. The first-order valence-corrected chi connectivity index (χ1v) is 6.75. The molecule has 1 aromatic carbocycles. The van der Waals surface area contributed by atoms with E-state index in [1.807, 2.05) is 26.2 Å². The van der Waals surface area contributed by atoms with Gasteiger partial charge in [0.2, 0.25) is 6.41 Å². The Bertz CT molecular complexity index is 495. The molecule has 6 nitrogen and oxygen atoms in total. The van der Waals surface area contributed by atoms with E-state index in [1.54, 1.807) is 12.1 Å². The van der Waals surface area contributed by atoms with Crippen molar-refractivity contribution < 1.29 is 4.79 Å². The van der Waals surface area contributed by atoms with Crippen molar-refractivity contribution in [1.29, 1.82) is 5.41 Å². The zero-order valence-corrected chi connectivity index (χ0v) is 12.5. The van der Waals surface area contributed by atoms with Gasteiger partial charge in [-0.2, -0.15) is 0 Å². The van der Waals surface area contributed by atoms with Gasteiger partial charge in [-0.3, -0.25) is 4.79 Å². The number of carbonyl (C=O) groups excluding carboxylic acids is 1. The van der Waals surface area contributed by atoms with Crippen LogP contribution in [-0.4, -0.2) is 51.3 Å². The lowest BCUT2D eigenvalue weighted by Crippen LogP contribution is -2.30. The Morgan fingerprint density at radius 1 is 1.38 bits per heavy atom. The van der Waals surface area contributed by atoms with Crippen LogP contribution in [0.3, 0.4) is 0 Å². The summed E-state index contributed by atoms with van der Waals surface area (Å²) in [6, 6.07) is 7.22. The monoisotopic (exact) mass is 289 g/mol. The quantitative estimate of drug-likeness (QED) is 0.398. The smallest absolute Gasteiger partial charge is 0.211 e. The third kappa shape index (κ3) is 5.37. The fourth-order valence-corrected chi connectivity index (χ4v) is 1.88. The standard InChI is InChI=1S/C15H23N5O/c1-18-7-8-20(2)10-13(9-16)15(17)12-3-5-14(6-4-12)19-11-21/h3-6,9,11,16,18H,7-8,10,17H2,1-2H3,(H,19,21). The maximum absolute atomic E-state index is 10.4.